The minimum absolute atomic E-state index is 0.0352. The first kappa shape index (κ1) is 20.8. The molecular weight excluding hydrogens is 444 g/mol. The third-order valence-corrected chi connectivity index (χ3v) is 5.50. The molecule has 7 heteroatoms. The number of fused-ring (bicyclic) bond motifs is 2. The van der Waals surface area contributed by atoms with Crippen LogP contribution < -0.4 is 14.2 Å². The predicted molar refractivity (Wildman–Crippen MR) is 123 cm³/mol. The molecule has 2 heterocycles. The molecule has 0 saturated heterocycles. The Kier molecular flexibility index (Phi) is 5.15. The van der Waals surface area contributed by atoms with Gasteiger partial charge in [0.1, 0.15) is 11.5 Å². The minimum Gasteiger partial charge on any atom is -0.493 e. The summed E-state index contributed by atoms with van der Waals surface area (Å²) >= 11 is 5.92. The topological polar surface area (TPSA) is 75.0 Å². The van der Waals surface area contributed by atoms with Gasteiger partial charge < -0.3 is 18.6 Å². The van der Waals surface area contributed by atoms with Gasteiger partial charge in [0.2, 0.25) is 11.5 Å². The molecular formula is C26H17ClO6. The summed E-state index contributed by atoms with van der Waals surface area (Å²) in [5.41, 5.74) is 2.30. The molecule has 0 fully saturated rings. The van der Waals surface area contributed by atoms with Gasteiger partial charge in [-0.15, -0.1) is 0 Å². The minimum atomic E-state index is -0.672. The lowest BCUT2D eigenvalue weighted by Crippen LogP contribution is -2.07. The maximum atomic E-state index is 12.8. The first-order chi connectivity index (χ1) is 15.9. The quantitative estimate of drug-likeness (QED) is 0.204. The summed E-state index contributed by atoms with van der Waals surface area (Å²) < 4.78 is 22.2. The van der Waals surface area contributed by atoms with Gasteiger partial charge in [-0.2, -0.15) is 0 Å². The lowest BCUT2D eigenvalue weighted by Gasteiger charge is -2.06. The van der Waals surface area contributed by atoms with Crippen LogP contribution in [0.5, 0.6) is 17.2 Å². The predicted octanol–water partition coefficient (Wildman–Crippen LogP) is 6.24. The SMILES string of the molecule is COc1cccc2cc(C(=O)Oc3cc(C)c4c(c3)O/C(=C\c3ccc(Cl)cc3)C4=O)oc12. The normalized spacial score (nSPS) is 13.8. The third-order valence-electron chi connectivity index (χ3n) is 5.25. The fraction of sp³-hybridized carbons (Fsp3) is 0.0769. The number of carbonyl (C=O) groups excluding carboxylic acids is 2. The van der Waals surface area contributed by atoms with Gasteiger partial charge in [-0.05, 0) is 54.5 Å². The number of methoxy groups -OCH3 is 1. The number of ketones is 1. The van der Waals surface area contributed by atoms with Crippen LogP contribution in [0, 0.1) is 6.92 Å². The average Bonchev–Trinajstić information content (AvgIpc) is 3.37. The highest BCUT2D eigenvalue weighted by Crippen LogP contribution is 2.38. The largest absolute Gasteiger partial charge is 0.493 e. The van der Waals surface area contributed by atoms with Crippen molar-refractivity contribution in [3.05, 3.63) is 93.9 Å². The molecule has 0 amide bonds. The standard InChI is InChI=1S/C26H17ClO6/c1-14-10-18(31-26(29)22-12-16-4-3-5-19(30-2)25(16)33-22)13-20-23(14)24(28)21(32-20)11-15-6-8-17(27)9-7-15/h3-13H,1-2H3/b21-11-. The van der Waals surface area contributed by atoms with Crippen LogP contribution in [0.3, 0.4) is 0 Å². The maximum absolute atomic E-state index is 12.8. The zero-order valence-corrected chi connectivity index (χ0v) is 18.4. The molecule has 6 nitrogen and oxygen atoms in total. The van der Waals surface area contributed by atoms with Crippen LogP contribution in [0.1, 0.15) is 32.0 Å². The molecule has 0 radical (unpaired) electrons. The van der Waals surface area contributed by atoms with Gasteiger partial charge >= 0.3 is 5.97 Å². The fourth-order valence-electron chi connectivity index (χ4n) is 3.70. The molecule has 3 aromatic carbocycles. The number of furan rings is 1. The van der Waals surface area contributed by atoms with Gasteiger partial charge in [0, 0.05) is 16.5 Å². The Balaban J connectivity index is 1.41. The number of rotatable bonds is 4. The summed E-state index contributed by atoms with van der Waals surface area (Å²) in [6, 6.07) is 17.1. The molecule has 1 aromatic heterocycles. The van der Waals surface area contributed by atoms with E-state index >= 15 is 0 Å². The number of carbonyl (C=O) groups is 2. The molecule has 5 rings (SSSR count). The van der Waals surface area contributed by atoms with E-state index in [2.05, 4.69) is 0 Å². The highest BCUT2D eigenvalue weighted by atomic mass is 35.5. The average molecular weight is 461 g/mol. The van der Waals surface area contributed by atoms with Crippen molar-refractivity contribution in [1.29, 1.82) is 0 Å². The van der Waals surface area contributed by atoms with Crippen LogP contribution in [0.2, 0.25) is 5.02 Å². The van der Waals surface area contributed by atoms with Gasteiger partial charge in [0.15, 0.2) is 17.1 Å². The number of para-hydroxylation sites is 1. The van der Waals surface area contributed by atoms with E-state index < -0.39 is 5.97 Å². The number of hydrogen-bond acceptors (Lipinski definition) is 6. The molecule has 0 spiro atoms. The summed E-state index contributed by atoms with van der Waals surface area (Å²) in [6.07, 6.45) is 1.64. The Labute approximate surface area is 193 Å². The number of halogens is 1. The summed E-state index contributed by atoms with van der Waals surface area (Å²) in [5, 5.41) is 1.32. The number of aryl methyl sites for hydroxylation is 1. The van der Waals surface area contributed by atoms with E-state index in [-0.39, 0.29) is 23.1 Å². The van der Waals surface area contributed by atoms with Gasteiger partial charge in [-0.25, -0.2) is 4.79 Å². The Morgan fingerprint density at radius 2 is 1.85 bits per heavy atom. The zero-order chi connectivity index (χ0) is 23.1. The Morgan fingerprint density at radius 3 is 2.61 bits per heavy atom. The third kappa shape index (κ3) is 3.85. The van der Waals surface area contributed by atoms with Crippen molar-refractivity contribution in [2.45, 2.75) is 6.92 Å². The van der Waals surface area contributed by atoms with Crippen LogP contribution in [0.15, 0.2) is 70.8 Å². The molecule has 0 saturated carbocycles. The van der Waals surface area contributed by atoms with E-state index in [1.165, 1.54) is 13.2 Å². The number of ether oxygens (including phenoxy) is 3. The fourth-order valence-corrected chi connectivity index (χ4v) is 3.83. The first-order valence-electron chi connectivity index (χ1n) is 10.1. The van der Waals surface area contributed by atoms with E-state index in [0.29, 0.717) is 33.2 Å². The molecule has 0 bridgehead atoms. The second kappa shape index (κ2) is 8.15. The number of esters is 1. The first-order valence-corrected chi connectivity index (χ1v) is 10.4. The van der Waals surface area contributed by atoms with Crippen LogP contribution in [-0.2, 0) is 0 Å². The van der Waals surface area contributed by atoms with E-state index in [1.54, 1.807) is 61.5 Å². The molecule has 164 valence electrons. The van der Waals surface area contributed by atoms with Crippen LogP contribution in [0.25, 0.3) is 17.0 Å². The lowest BCUT2D eigenvalue weighted by molar-refractivity contribution is 0.0703. The van der Waals surface area contributed by atoms with Crippen molar-refractivity contribution in [3.8, 4) is 17.2 Å². The maximum Gasteiger partial charge on any atom is 0.379 e. The summed E-state index contributed by atoms with van der Waals surface area (Å²) in [4.78, 5) is 25.6. The molecule has 0 aliphatic carbocycles. The van der Waals surface area contributed by atoms with Crippen LogP contribution in [-0.4, -0.2) is 18.9 Å². The van der Waals surface area contributed by atoms with Gasteiger partial charge in [0.05, 0.1) is 12.7 Å². The summed E-state index contributed by atoms with van der Waals surface area (Å²) in [5.74, 6) is 0.398. The van der Waals surface area contributed by atoms with Crippen LogP contribution in [0.4, 0.5) is 0 Å². The van der Waals surface area contributed by atoms with Gasteiger partial charge in [-0.1, -0.05) is 35.9 Å². The van der Waals surface area contributed by atoms with Crippen molar-refractivity contribution < 1.29 is 28.2 Å². The Bertz CT molecular complexity index is 1450. The van der Waals surface area contributed by atoms with Crippen molar-refractivity contribution in [3.63, 3.8) is 0 Å². The lowest BCUT2D eigenvalue weighted by atomic mass is 10.0. The van der Waals surface area contributed by atoms with Crippen molar-refractivity contribution in [2.75, 3.05) is 7.11 Å². The monoisotopic (exact) mass is 460 g/mol. The second-order valence-corrected chi connectivity index (χ2v) is 7.92. The Morgan fingerprint density at radius 1 is 1.06 bits per heavy atom. The molecule has 33 heavy (non-hydrogen) atoms. The smallest absolute Gasteiger partial charge is 0.379 e. The molecule has 0 unspecified atom stereocenters. The number of allylic oxidation sites excluding steroid dienone is 1. The molecule has 4 aromatic rings. The summed E-state index contributed by atoms with van der Waals surface area (Å²) in [7, 11) is 1.53. The van der Waals surface area contributed by atoms with E-state index in [1.807, 2.05) is 6.07 Å². The van der Waals surface area contributed by atoms with Crippen molar-refractivity contribution >= 4 is 40.4 Å². The number of benzene rings is 3. The zero-order valence-electron chi connectivity index (χ0n) is 17.7. The van der Waals surface area contributed by atoms with Crippen LogP contribution >= 0.6 is 11.6 Å². The molecule has 1 aliphatic heterocycles. The highest BCUT2D eigenvalue weighted by Gasteiger charge is 2.30. The summed E-state index contributed by atoms with van der Waals surface area (Å²) in [6.45, 7) is 1.76. The Hall–Kier alpha value is -4.03. The highest BCUT2D eigenvalue weighted by molar-refractivity contribution is 6.30. The molecule has 0 atom stereocenters. The van der Waals surface area contributed by atoms with E-state index in [0.717, 1.165) is 10.9 Å². The van der Waals surface area contributed by atoms with Crippen molar-refractivity contribution in [1.82, 2.24) is 0 Å². The van der Waals surface area contributed by atoms with E-state index in [9.17, 15) is 9.59 Å². The number of Topliss-reactive ketones (excluding diaryl/α,β-unsaturated/α-hetero) is 1. The van der Waals surface area contributed by atoms with Gasteiger partial charge in [0.25, 0.3) is 0 Å². The molecule has 0 N–H and O–H groups in total. The van der Waals surface area contributed by atoms with E-state index in [4.69, 9.17) is 30.2 Å². The second-order valence-electron chi connectivity index (χ2n) is 7.48. The van der Waals surface area contributed by atoms with Gasteiger partial charge in [-0.3, -0.25) is 4.79 Å². The molecule has 1 aliphatic rings. The number of hydrogen-bond donors (Lipinski definition) is 0. The van der Waals surface area contributed by atoms with Crippen molar-refractivity contribution in [2.24, 2.45) is 0 Å².